The molecule has 2 heterocycles. The first kappa shape index (κ1) is 21.0. The molecular formula is C24H30N4O3. The first-order chi connectivity index (χ1) is 15.2. The van der Waals surface area contributed by atoms with Crippen LogP contribution in [0, 0.1) is 0 Å². The molecule has 4 rings (SSSR count). The fourth-order valence-corrected chi connectivity index (χ4v) is 4.32. The predicted octanol–water partition coefficient (Wildman–Crippen LogP) is 4.57. The Balaban J connectivity index is 1.55. The molecule has 2 aromatic rings. The van der Waals surface area contributed by atoms with E-state index in [1.165, 1.54) is 6.42 Å². The second-order valence-corrected chi connectivity index (χ2v) is 8.06. The largest absolute Gasteiger partial charge is 0.495 e. The number of piperidine rings is 1. The van der Waals surface area contributed by atoms with Crippen molar-refractivity contribution >= 4 is 29.0 Å². The lowest BCUT2D eigenvalue weighted by Gasteiger charge is -2.31. The Kier molecular flexibility index (Phi) is 6.60. The van der Waals surface area contributed by atoms with Gasteiger partial charge in [0.15, 0.2) is 0 Å². The van der Waals surface area contributed by atoms with Crippen LogP contribution in [0.1, 0.15) is 42.5 Å². The molecule has 0 radical (unpaired) electrons. The van der Waals surface area contributed by atoms with Gasteiger partial charge < -0.3 is 25.2 Å². The van der Waals surface area contributed by atoms with Crippen LogP contribution in [0.25, 0.3) is 0 Å². The summed E-state index contributed by atoms with van der Waals surface area (Å²) in [4.78, 5) is 30.1. The Bertz CT molecular complexity index is 934. The van der Waals surface area contributed by atoms with Crippen molar-refractivity contribution in [2.24, 2.45) is 0 Å². The van der Waals surface area contributed by atoms with E-state index >= 15 is 0 Å². The molecular weight excluding hydrogens is 392 g/mol. The molecule has 2 aliphatic heterocycles. The number of carbonyl (C=O) groups excluding carboxylic acids is 2. The smallest absolute Gasteiger partial charge is 0.323 e. The number of hydrogen-bond acceptors (Lipinski definition) is 4. The van der Waals surface area contributed by atoms with E-state index in [9.17, 15) is 9.59 Å². The normalized spacial score (nSPS) is 16.2. The third-order valence-corrected chi connectivity index (χ3v) is 5.93. The zero-order valence-corrected chi connectivity index (χ0v) is 18.0. The quantitative estimate of drug-likeness (QED) is 0.741. The van der Waals surface area contributed by atoms with Crippen LogP contribution in [0.15, 0.2) is 42.5 Å². The third kappa shape index (κ3) is 4.93. The summed E-state index contributed by atoms with van der Waals surface area (Å²) in [5.41, 5.74) is 2.81. The van der Waals surface area contributed by atoms with Crippen molar-refractivity contribution in [2.45, 2.75) is 32.1 Å². The van der Waals surface area contributed by atoms with Crippen LogP contribution in [0.4, 0.5) is 21.9 Å². The van der Waals surface area contributed by atoms with Gasteiger partial charge in [0.1, 0.15) is 5.75 Å². The predicted molar refractivity (Wildman–Crippen MR) is 123 cm³/mol. The summed E-state index contributed by atoms with van der Waals surface area (Å²) in [5.74, 6) is 0.634. The second kappa shape index (κ2) is 9.73. The highest BCUT2D eigenvalue weighted by Gasteiger charge is 2.25. The topological polar surface area (TPSA) is 73.9 Å². The standard InChI is InChI=1S/C24H30N4O3/c1-31-22-10-4-3-9-20(22)26-24(30)25-18-11-12-21(27-13-5-2-6-14-27)19(17-18)23(29)28-15-7-8-16-28/h3-4,9-12,17H,2,5-8,13-16H2,1H3,(H2,25,26,30). The van der Waals surface area contributed by atoms with Gasteiger partial charge >= 0.3 is 6.03 Å². The number of hydrogen-bond donors (Lipinski definition) is 2. The third-order valence-electron chi connectivity index (χ3n) is 5.93. The van der Waals surface area contributed by atoms with Crippen LogP contribution in [0.5, 0.6) is 5.75 Å². The molecule has 0 bridgehead atoms. The van der Waals surface area contributed by atoms with Gasteiger partial charge in [-0.25, -0.2) is 4.79 Å². The molecule has 3 amide bonds. The van der Waals surface area contributed by atoms with Gasteiger partial charge in [0, 0.05) is 37.6 Å². The number of carbonyl (C=O) groups is 2. The zero-order chi connectivity index (χ0) is 21.6. The van der Waals surface area contributed by atoms with E-state index in [-0.39, 0.29) is 11.9 Å². The Morgan fingerprint density at radius 1 is 0.871 bits per heavy atom. The molecule has 2 aromatic carbocycles. The van der Waals surface area contributed by atoms with Crippen LogP contribution >= 0.6 is 0 Å². The lowest BCUT2D eigenvalue weighted by atomic mass is 10.1. The van der Waals surface area contributed by atoms with Gasteiger partial charge in [0.25, 0.3) is 5.91 Å². The number of likely N-dealkylation sites (tertiary alicyclic amines) is 1. The number of amides is 3. The zero-order valence-electron chi connectivity index (χ0n) is 18.0. The van der Waals surface area contributed by atoms with Crippen molar-refractivity contribution in [1.82, 2.24) is 4.90 Å². The highest BCUT2D eigenvalue weighted by molar-refractivity contribution is 6.04. The Morgan fingerprint density at radius 2 is 1.58 bits per heavy atom. The van der Waals surface area contributed by atoms with E-state index < -0.39 is 0 Å². The SMILES string of the molecule is COc1ccccc1NC(=O)Nc1ccc(N2CCCCC2)c(C(=O)N2CCCC2)c1. The maximum atomic E-state index is 13.3. The number of nitrogens with one attached hydrogen (secondary N) is 2. The number of anilines is 3. The number of rotatable bonds is 5. The van der Waals surface area contributed by atoms with E-state index in [4.69, 9.17) is 4.74 Å². The van der Waals surface area contributed by atoms with Gasteiger partial charge in [-0.1, -0.05) is 12.1 Å². The highest BCUT2D eigenvalue weighted by Crippen LogP contribution is 2.30. The summed E-state index contributed by atoms with van der Waals surface area (Å²) in [6, 6.07) is 12.5. The number of methoxy groups -OCH3 is 1. The lowest BCUT2D eigenvalue weighted by Crippen LogP contribution is -2.34. The molecule has 0 spiro atoms. The second-order valence-electron chi connectivity index (χ2n) is 8.06. The molecule has 2 N–H and O–H groups in total. The van der Waals surface area contributed by atoms with E-state index in [2.05, 4.69) is 15.5 Å². The maximum Gasteiger partial charge on any atom is 0.323 e. The van der Waals surface area contributed by atoms with E-state index in [0.717, 1.165) is 57.5 Å². The first-order valence-electron chi connectivity index (χ1n) is 11.0. The monoisotopic (exact) mass is 422 g/mol. The Labute approximate surface area is 183 Å². The number of benzene rings is 2. The molecule has 0 aliphatic carbocycles. The number of ether oxygens (including phenoxy) is 1. The Hall–Kier alpha value is -3.22. The molecule has 0 atom stereocenters. The van der Waals surface area contributed by atoms with Crippen molar-refractivity contribution in [3.8, 4) is 5.75 Å². The molecule has 0 aromatic heterocycles. The van der Waals surface area contributed by atoms with Gasteiger partial charge in [-0.05, 0) is 62.4 Å². The summed E-state index contributed by atoms with van der Waals surface area (Å²) >= 11 is 0. The fourth-order valence-electron chi connectivity index (χ4n) is 4.32. The molecule has 7 nitrogen and oxygen atoms in total. The average Bonchev–Trinajstić information content (AvgIpc) is 3.34. The van der Waals surface area contributed by atoms with Crippen molar-refractivity contribution in [3.63, 3.8) is 0 Å². The molecule has 2 aliphatic rings. The van der Waals surface area contributed by atoms with Crippen LogP contribution in [0.3, 0.4) is 0 Å². The summed E-state index contributed by atoms with van der Waals surface area (Å²) in [5, 5.41) is 5.67. The molecule has 164 valence electrons. The van der Waals surface area contributed by atoms with Crippen molar-refractivity contribution in [1.29, 1.82) is 0 Å². The number of urea groups is 1. The summed E-state index contributed by atoms with van der Waals surface area (Å²) < 4.78 is 5.29. The number of nitrogens with zero attached hydrogens (tertiary/aromatic N) is 2. The number of para-hydroxylation sites is 2. The molecule has 2 saturated heterocycles. The van der Waals surface area contributed by atoms with E-state index in [1.807, 2.05) is 35.2 Å². The van der Waals surface area contributed by atoms with Gasteiger partial charge in [-0.15, -0.1) is 0 Å². The first-order valence-corrected chi connectivity index (χ1v) is 11.0. The molecule has 0 unspecified atom stereocenters. The maximum absolute atomic E-state index is 13.3. The minimum absolute atomic E-state index is 0.0480. The minimum atomic E-state index is -0.380. The molecule has 2 fully saturated rings. The van der Waals surface area contributed by atoms with Gasteiger partial charge in [0.2, 0.25) is 0 Å². The van der Waals surface area contributed by atoms with Crippen molar-refractivity contribution < 1.29 is 14.3 Å². The summed E-state index contributed by atoms with van der Waals surface area (Å²) in [6.45, 7) is 3.51. The Morgan fingerprint density at radius 3 is 2.32 bits per heavy atom. The van der Waals surface area contributed by atoms with E-state index in [1.54, 1.807) is 19.2 Å². The van der Waals surface area contributed by atoms with Gasteiger partial charge in [-0.2, -0.15) is 0 Å². The van der Waals surface area contributed by atoms with Crippen LogP contribution in [-0.2, 0) is 0 Å². The lowest BCUT2D eigenvalue weighted by molar-refractivity contribution is 0.0793. The summed E-state index contributed by atoms with van der Waals surface area (Å²) in [6.07, 6.45) is 5.60. The van der Waals surface area contributed by atoms with Gasteiger partial charge in [0.05, 0.1) is 18.4 Å². The minimum Gasteiger partial charge on any atom is -0.495 e. The van der Waals surface area contributed by atoms with Gasteiger partial charge in [-0.3, -0.25) is 4.79 Å². The van der Waals surface area contributed by atoms with E-state index in [0.29, 0.717) is 22.7 Å². The molecule has 31 heavy (non-hydrogen) atoms. The average molecular weight is 423 g/mol. The van der Waals surface area contributed by atoms with Crippen LogP contribution in [0.2, 0.25) is 0 Å². The highest BCUT2D eigenvalue weighted by atomic mass is 16.5. The molecule has 0 saturated carbocycles. The molecule has 7 heteroatoms. The van der Waals surface area contributed by atoms with Crippen molar-refractivity contribution in [3.05, 3.63) is 48.0 Å². The summed E-state index contributed by atoms with van der Waals surface area (Å²) in [7, 11) is 1.56. The van der Waals surface area contributed by atoms with Crippen LogP contribution in [-0.4, -0.2) is 50.1 Å². The van der Waals surface area contributed by atoms with Crippen molar-refractivity contribution in [2.75, 3.05) is 48.8 Å². The van der Waals surface area contributed by atoms with Crippen LogP contribution < -0.4 is 20.3 Å². The fraction of sp³-hybridized carbons (Fsp3) is 0.417.